The standard InChI is InChI=1S/C14H14ClN3O3S/c1-3-21-13(20)11-8(2)16-14(22-11)18-17-12(19)9-6-4-5-7-10(9)15/h4-7H,3H2,1-2H3,(H,16,18)(H,17,19). The highest BCUT2D eigenvalue weighted by Gasteiger charge is 2.17. The summed E-state index contributed by atoms with van der Waals surface area (Å²) in [4.78, 5) is 28.3. The number of ether oxygens (including phenoxy) is 1. The Morgan fingerprint density at radius 3 is 2.77 bits per heavy atom. The van der Waals surface area contributed by atoms with Gasteiger partial charge in [-0.15, -0.1) is 0 Å². The number of nitrogens with one attached hydrogen (secondary N) is 2. The molecule has 0 radical (unpaired) electrons. The lowest BCUT2D eigenvalue weighted by molar-refractivity contribution is 0.0531. The molecule has 0 unspecified atom stereocenters. The van der Waals surface area contributed by atoms with Gasteiger partial charge in [0.25, 0.3) is 5.91 Å². The molecule has 22 heavy (non-hydrogen) atoms. The van der Waals surface area contributed by atoms with E-state index in [0.717, 1.165) is 11.3 Å². The van der Waals surface area contributed by atoms with Gasteiger partial charge in [-0.2, -0.15) is 0 Å². The molecule has 2 rings (SSSR count). The fourth-order valence-corrected chi connectivity index (χ4v) is 2.69. The average molecular weight is 340 g/mol. The van der Waals surface area contributed by atoms with Crippen molar-refractivity contribution in [1.82, 2.24) is 10.4 Å². The van der Waals surface area contributed by atoms with Crippen LogP contribution < -0.4 is 10.9 Å². The van der Waals surface area contributed by atoms with Gasteiger partial charge in [0, 0.05) is 0 Å². The van der Waals surface area contributed by atoms with Crippen LogP contribution in [0.5, 0.6) is 0 Å². The Kier molecular flexibility index (Phi) is 5.35. The second-order valence-electron chi connectivity index (χ2n) is 4.21. The summed E-state index contributed by atoms with van der Waals surface area (Å²) in [6.45, 7) is 3.73. The lowest BCUT2D eigenvalue weighted by Gasteiger charge is -2.06. The fourth-order valence-electron chi connectivity index (χ4n) is 1.66. The number of carbonyl (C=O) groups is 2. The molecule has 116 valence electrons. The van der Waals surface area contributed by atoms with Crippen LogP contribution in [0.25, 0.3) is 0 Å². The molecule has 0 fully saturated rings. The Hall–Kier alpha value is -2.12. The molecule has 0 saturated carbocycles. The molecule has 1 heterocycles. The molecule has 0 aliphatic heterocycles. The van der Waals surface area contributed by atoms with Crippen LogP contribution in [-0.2, 0) is 4.74 Å². The van der Waals surface area contributed by atoms with E-state index in [9.17, 15) is 9.59 Å². The molecule has 1 aromatic carbocycles. The molecule has 0 atom stereocenters. The lowest BCUT2D eigenvalue weighted by Crippen LogP contribution is -2.29. The number of hydrogen-bond donors (Lipinski definition) is 2. The molecular formula is C14H14ClN3O3S. The minimum absolute atomic E-state index is 0.294. The Morgan fingerprint density at radius 2 is 2.09 bits per heavy atom. The van der Waals surface area contributed by atoms with E-state index in [-0.39, 0.29) is 0 Å². The number of rotatable bonds is 5. The van der Waals surface area contributed by atoms with Gasteiger partial charge in [-0.05, 0) is 26.0 Å². The third-order valence-corrected chi connectivity index (χ3v) is 4.04. The Bertz CT molecular complexity index is 702. The molecule has 0 aliphatic rings. The summed E-state index contributed by atoms with van der Waals surface area (Å²) < 4.78 is 4.93. The van der Waals surface area contributed by atoms with Crippen molar-refractivity contribution in [2.75, 3.05) is 12.0 Å². The fraction of sp³-hybridized carbons (Fsp3) is 0.214. The summed E-state index contributed by atoms with van der Waals surface area (Å²) in [5, 5.41) is 0.741. The first kappa shape index (κ1) is 16.3. The highest BCUT2D eigenvalue weighted by molar-refractivity contribution is 7.17. The van der Waals surface area contributed by atoms with Crippen molar-refractivity contribution in [1.29, 1.82) is 0 Å². The van der Waals surface area contributed by atoms with E-state index in [2.05, 4.69) is 15.8 Å². The van der Waals surface area contributed by atoms with E-state index in [4.69, 9.17) is 16.3 Å². The van der Waals surface area contributed by atoms with Crippen LogP contribution in [0.3, 0.4) is 0 Å². The predicted octanol–water partition coefficient (Wildman–Crippen LogP) is 3.04. The van der Waals surface area contributed by atoms with Gasteiger partial charge in [0.15, 0.2) is 0 Å². The summed E-state index contributed by atoms with van der Waals surface area (Å²) in [6, 6.07) is 6.69. The van der Waals surface area contributed by atoms with Gasteiger partial charge in [-0.1, -0.05) is 35.1 Å². The number of hydrogen-bond acceptors (Lipinski definition) is 6. The normalized spacial score (nSPS) is 10.1. The zero-order valence-electron chi connectivity index (χ0n) is 12.0. The third kappa shape index (κ3) is 3.75. The van der Waals surface area contributed by atoms with Crippen molar-refractivity contribution in [3.63, 3.8) is 0 Å². The molecule has 6 nitrogen and oxygen atoms in total. The van der Waals surface area contributed by atoms with Crippen molar-refractivity contribution < 1.29 is 14.3 Å². The number of esters is 1. The number of benzene rings is 1. The van der Waals surface area contributed by atoms with Gasteiger partial charge in [-0.3, -0.25) is 15.6 Å². The molecule has 2 N–H and O–H groups in total. The van der Waals surface area contributed by atoms with Crippen LogP contribution in [-0.4, -0.2) is 23.5 Å². The molecule has 2 aromatic rings. The van der Waals surface area contributed by atoms with Crippen LogP contribution >= 0.6 is 22.9 Å². The number of aryl methyl sites for hydroxylation is 1. The largest absolute Gasteiger partial charge is 0.462 e. The summed E-state index contributed by atoms with van der Waals surface area (Å²) in [5.74, 6) is -0.820. The lowest BCUT2D eigenvalue weighted by atomic mass is 10.2. The molecule has 8 heteroatoms. The molecule has 0 bridgehead atoms. The Labute approximate surface area is 136 Å². The van der Waals surface area contributed by atoms with Gasteiger partial charge in [-0.25, -0.2) is 9.78 Å². The molecular weight excluding hydrogens is 326 g/mol. The molecule has 0 saturated heterocycles. The maximum Gasteiger partial charge on any atom is 0.350 e. The van der Waals surface area contributed by atoms with E-state index in [0.29, 0.717) is 32.9 Å². The van der Waals surface area contributed by atoms with Crippen molar-refractivity contribution in [3.8, 4) is 0 Å². The monoisotopic (exact) mass is 339 g/mol. The van der Waals surface area contributed by atoms with Gasteiger partial charge >= 0.3 is 5.97 Å². The first-order valence-electron chi connectivity index (χ1n) is 6.48. The third-order valence-electron chi connectivity index (χ3n) is 2.66. The SMILES string of the molecule is CCOC(=O)c1sc(NNC(=O)c2ccccc2Cl)nc1C. The summed E-state index contributed by atoms with van der Waals surface area (Å²) in [5.41, 5.74) is 6.04. The smallest absolute Gasteiger partial charge is 0.350 e. The first-order valence-corrected chi connectivity index (χ1v) is 7.67. The second kappa shape index (κ2) is 7.24. The van der Waals surface area contributed by atoms with Crippen LogP contribution in [0.4, 0.5) is 5.13 Å². The van der Waals surface area contributed by atoms with E-state index < -0.39 is 11.9 Å². The number of thiazole rings is 1. The maximum atomic E-state index is 12.0. The molecule has 1 aromatic heterocycles. The van der Waals surface area contributed by atoms with Crippen LogP contribution in [0.15, 0.2) is 24.3 Å². The van der Waals surface area contributed by atoms with Gasteiger partial charge in [0.2, 0.25) is 5.13 Å². The maximum absolute atomic E-state index is 12.0. The molecule has 1 amide bonds. The number of amides is 1. The van der Waals surface area contributed by atoms with E-state index >= 15 is 0 Å². The average Bonchev–Trinajstić information content (AvgIpc) is 2.87. The zero-order chi connectivity index (χ0) is 16.1. The van der Waals surface area contributed by atoms with E-state index in [1.54, 1.807) is 38.1 Å². The van der Waals surface area contributed by atoms with E-state index in [1.165, 1.54) is 0 Å². The van der Waals surface area contributed by atoms with Gasteiger partial charge in [0.1, 0.15) is 4.88 Å². The summed E-state index contributed by atoms with van der Waals surface area (Å²) in [6.07, 6.45) is 0. The highest BCUT2D eigenvalue weighted by Crippen LogP contribution is 2.23. The minimum atomic E-state index is -0.428. The summed E-state index contributed by atoms with van der Waals surface area (Å²) >= 11 is 7.05. The van der Waals surface area contributed by atoms with Crippen LogP contribution in [0.2, 0.25) is 5.02 Å². The second-order valence-corrected chi connectivity index (χ2v) is 5.62. The van der Waals surface area contributed by atoms with Gasteiger partial charge < -0.3 is 4.74 Å². The summed E-state index contributed by atoms with van der Waals surface area (Å²) in [7, 11) is 0. The van der Waals surface area contributed by atoms with Crippen molar-refractivity contribution in [3.05, 3.63) is 45.4 Å². The van der Waals surface area contributed by atoms with Crippen molar-refractivity contribution >= 4 is 39.9 Å². The van der Waals surface area contributed by atoms with Crippen LogP contribution in [0, 0.1) is 6.92 Å². The van der Waals surface area contributed by atoms with Crippen molar-refractivity contribution in [2.24, 2.45) is 0 Å². The topological polar surface area (TPSA) is 80.3 Å². The predicted molar refractivity (Wildman–Crippen MR) is 85.3 cm³/mol. The first-order chi connectivity index (χ1) is 10.5. The zero-order valence-corrected chi connectivity index (χ0v) is 13.5. The molecule has 0 aliphatic carbocycles. The Morgan fingerprint density at radius 1 is 1.36 bits per heavy atom. The van der Waals surface area contributed by atoms with Crippen molar-refractivity contribution in [2.45, 2.75) is 13.8 Å². The highest BCUT2D eigenvalue weighted by atomic mass is 35.5. The van der Waals surface area contributed by atoms with E-state index in [1.807, 2.05) is 0 Å². The number of hydrazine groups is 1. The molecule has 0 spiro atoms. The number of carbonyl (C=O) groups excluding carboxylic acids is 2. The van der Waals surface area contributed by atoms with Crippen LogP contribution in [0.1, 0.15) is 32.6 Å². The number of aromatic nitrogens is 1. The number of nitrogens with zero attached hydrogens (tertiary/aromatic N) is 1. The minimum Gasteiger partial charge on any atom is -0.462 e. The van der Waals surface area contributed by atoms with Gasteiger partial charge in [0.05, 0.1) is 22.9 Å². The number of halogens is 1. The Balaban J connectivity index is 2.03. The number of anilines is 1. The quantitative estimate of drug-likeness (QED) is 0.646.